The molecule has 2 nitrogen and oxygen atoms in total. The van der Waals surface area contributed by atoms with E-state index in [0.717, 1.165) is 37.7 Å². The highest BCUT2D eigenvalue weighted by molar-refractivity contribution is 9.09. The van der Waals surface area contributed by atoms with Gasteiger partial charge in [-0.15, -0.1) is 0 Å². The Balaban J connectivity index is 2.40. The molecule has 0 spiro atoms. The van der Waals surface area contributed by atoms with Gasteiger partial charge >= 0.3 is 0 Å². The molecular formula is C12H22BrNO. The molecule has 0 heterocycles. The van der Waals surface area contributed by atoms with Gasteiger partial charge in [0.25, 0.3) is 0 Å². The monoisotopic (exact) mass is 275 g/mol. The van der Waals surface area contributed by atoms with E-state index in [0.29, 0.717) is 11.8 Å². The van der Waals surface area contributed by atoms with Crippen molar-refractivity contribution in [2.45, 2.75) is 45.4 Å². The van der Waals surface area contributed by atoms with E-state index >= 15 is 0 Å². The molecule has 1 saturated carbocycles. The van der Waals surface area contributed by atoms with Gasteiger partial charge < -0.3 is 4.90 Å². The molecule has 0 radical (unpaired) electrons. The molecule has 3 heteroatoms. The van der Waals surface area contributed by atoms with Crippen molar-refractivity contribution < 1.29 is 4.79 Å². The Morgan fingerprint density at radius 2 is 2.00 bits per heavy atom. The second-order valence-electron chi connectivity index (χ2n) is 4.30. The van der Waals surface area contributed by atoms with Crippen LogP contribution in [0.15, 0.2) is 0 Å². The Bertz CT molecular complexity index is 190. The molecule has 1 amide bonds. The van der Waals surface area contributed by atoms with Crippen molar-refractivity contribution in [1.82, 2.24) is 4.90 Å². The van der Waals surface area contributed by atoms with Gasteiger partial charge in [0, 0.05) is 24.3 Å². The maximum Gasteiger partial charge on any atom is 0.225 e. The van der Waals surface area contributed by atoms with E-state index in [1.807, 2.05) is 4.90 Å². The van der Waals surface area contributed by atoms with Crippen molar-refractivity contribution in [2.24, 2.45) is 5.92 Å². The third-order valence-corrected chi connectivity index (χ3v) is 3.77. The van der Waals surface area contributed by atoms with Crippen molar-refractivity contribution in [3.8, 4) is 0 Å². The molecule has 1 fully saturated rings. The lowest BCUT2D eigenvalue weighted by Gasteiger charge is -2.28. The number of halogens is 1. The standard InChI is InChI=1S/C12H22BrNO/c1-2-14(10-6-9-13)12(15)11-7-4-3-5-8-11/h11H,2-10H2,1H3. The molecule has 1 aliphatic rings. The number of nitrogens with zero attached hydrogens (tertiary/aromatic N) is 1. The van der Waals surface area contributed by atoms with Crippen LogP contribution in [0.5, 0.6) is 0 Å². The lowest BCUT2D eigenvalue weighted by Crippen LogP contribution is -2.37. The summed E-state index contributed by atoms with van der Waals surface area (Å²) in [6, 6.07) is 0. The van der Waals surface area contributed by atoms with Crippen LogP contribution < -0.4 is 0 Å². The minimum absolute atomic E-state index is 0.328. The van der Waals surface area contributed by atoms with Gasteiger partial charge in [-0.05, 0) is 26.2 Å². The lowest BCUT2D eigenvalue weighted by atomic mass is 9.88. The Morgan fingerprint density at radius 3 is 2.53 bits per heavy atom. The van der Waals surface area contributed by atoms with Gasteiger partial charge in [-0.1, -0.05) is 35.2 Å². The molecule has 0 aromatic heterocycles. The molecule has 0 saturated heterocycles. The SMILES string of the molecule is CCN(CCCBr)C(=O)C1CCCCC1. The summed E-state index contributed by atoms with van der Waals surface area (Å²) >= 11 is 3.41. The minimum Gasteiger partial charge on any atom is -0.343 e. The lowest BCUT2D eigenvalue weighted by molar-refractivity contribution is -0.136. The summed E-state index contributed by atoms with van der Waals surface area (Å²) in [5.74, 6) is 0.729. The largest absolute Gasteiger partial charge is 0.343 e. The van der Waals surface area contributed by atoms with Crippen LogP contribution in [0, 0.1) is 5.92 Å². The zero-order chi connectivity index (χ0) is 11.1. The third-order valence-electron chi connectivity index (χ3n) is 3.21. The van der Waals surface area contributed by atoms with E-state index in [4.69, 9.17) is 0 Å². The van der Waals surface area contributed by atoms with Crippen LogP contribution in [0.1, 0.15) is 45.4 Å². The van der Waals surface area contributed by atoms with Gasteiger partial charge in [0.05, 0.1) is 0 Å². The van der Waals surface area contributed by atoms with Crippen LogP contribution >= 0.6 is 15.9 Å². The van der Waals surface area contributed by atoms with Crippen LogP contribution in [-0.2, 0) is 4.79 Å². The molecule has 0 bridgehead atoms. The van der Waals surface area contributed by atoms with Gasteiger partial charge in [0.15, 0.2) is 0 Å². The number of hydrogen-bond acceptors (Lipinski definition) is 1. The molecule has 0 atom stereocenters. The predicted molar refractivity (Wildman–Crippen MR) is 67.2 cm³/mol. The van der Waals surface area contributed by atoms with Crippen LogP contribution in [0.4, 0.5) is 0 Å². The average molecular weight is 276 g/mol. The number of alkyl halides is 1. The normalized spacial score (nSPS) is 17.7. The van der Waals surface area contributed by atoms with E-state index in [2.05, 4.69) is 22.9 Å². The number of amides is 1. The van der Waals surface area contributed by atoms with E-state index in [9.17, 15) is 4.79 Å². The Morgan fingerprint density at radius 1 is 1.33 bits per heavy atom. The number of carbonyl (C=O) groups excluding carboxylic acids is 1. The number of carbonyl (C=O) groups is 1. The fourth-order valence-electron chi connectivity index (χ4n) is 2.28. The number of rotatable bonds is 5. The van der Waals surface area contributed by atoms with E-state index < -0.39 is 0 Å². The van der Waals surface area contributed by atoms with Crippen LogP contribution in [-0.4, -0.2) is 29.2 Å². The highest BCUT2D eigenvalue weighted by Crippen LogP contribution is 2.25. The smallest absolute Gasteiger partial charge is 0.225 e. The molecule has 0 aliphatic heterocycles. The van der Waals surface area contributed by atoms with Crippen LogP contribution in [0.25, 0.3) is 0 Å². The van der Waals surface area contributed by atoms with E-state index in [-0.39, 0.29) is 0 Å². The fraction of sp³-hybridized carbons (Fsp3) is 0.917. The molecule has 0 unspecified atom stereocenters. The zero-order valence-electron chi connectivity index (χ0n) is 9.67. The van der Waals surface area contributed by atoms with Crippen molar-refractivity contribution in [2.75, 3.05) is 18.4 Å². The molecule has 0 aromatic carbocycles. The topological polar surface area (TPSA) is 20.3 Å². The second kappa shape index (κ2) is 7.26. The molecule has 1 aliphatic carbocycles. The minimum atomic E-state index is 0.328. The van der Waals surface area contributed by atoms with Gasteiger partial charge in [-0.2, -0.15) is 0 Å². The summed E-state index contributed by atoms with van der Waals surface area (Å²) in [7, 11) is 0. The fourth-order valence-corrected chi connectivity index (χ4v) is 2.53. The van der Waals surface area contributed by atoms with Crippen molar-refractivity contribution >= 4 is 21.8 Å². The summed E-state index contributed by atoms with van der Waals surface area (Å²) < 4.78 is 0. The summed E-state index contributed by atoms with van der Waals surface area (Å²) in [5, 5.41) is 0.988. The van der Waals surface area contributed by atoms with Gasteiger partial charge in [0.1, 0.15) is 0 Å². The first kappa shape index (κ1) is 13.0. The molecule has 0 aromatic rings. The van der Waals surface area contributed by atoms with Gasteiger partial charge in [-0.3, -0.25) is 4.79 Å². The summed E-state index contributed by atoms with van der Waals surface area (Å²) in [5.41, 5.74) is 0. The molecule has 1 rings (SSSR count). The third kappa shape index (κ3) is 4.13. The molecular weight excluding hydrogens is 254 g/mol. The van der Waals surface area contributed by atoms with Gasteiger partial charge in [0.2, 0.25) is 5.91 Å². The highest BCUT2D eigenvalue weighted by Gasteiger charge is 2.24. The van der Waals surface area contributed by atoms with Crippen LogP contribution in [0.2, 0.25) is 0 Å². The zero-order valence-corrected chi connectivity index (χ0v) is 11.3. The average Bonchev–Trinajstić information content (AvgIpc) is 2.31. The van der Waals surface area contributed by atoms with Crippen molar-refractivity contribution in [1.29, 1.82) is 0 Å². The van der Waals surface area contributed by atoms with Gasteiger partial charge in [-0.25, -0.2) is 0 Å². The second-order valence-corrected chi connectivity index (χ2v) is 5.09. The maximum atomic E-state index is 12.1. The maximum absolute atomic E-state index is 12.1. The van der Waals surface area contributed by atoms with Crippen molar-refractivity contribution in [3.05, 3.63) is 0 Å². The summed E-state index contributed by atoms with van der Waals surface area (Å²) in [6.45, 7) is 3.86. The first-order valence-electron chi connectivity index (χ1n) is 6.14. The predicted octanol–water partition coefficient (Wildman–Crippen LogP) is 3.20. The first-order valence-corrected chi connectivity index (χ1v) is 7.26. The Hall–Kier alpha value is -0.0500. The molecule has 15 heavy (non-hydrogen) atoms. The van der Waals surface area contributed by atoms with E-state index in [1.165, 1.54) is 19.3 Å². The summed E-state index contributed by atoms with van der Waals surface area (Å²) in [4.78, 5) is 14.2. The molecule has 88 valence electrons. The number of hydrogen-bond donors (Lipinski definition) is 0. The van der Waals surface area contributed by atoms with Crippen molar-refractivity contribution in [3.63, 3.8) is 0 Å². The first-order chi connectivity index (χ1) is 7.29. The van der Waals surface area contributed by atoms with Crippen LogP contribution in [0.3, 0.4) is 0 Å². The Kier molecular flexibility index (Phi) is 6.30. The Labute approximate surface area is 102 Å². The quantitative estimate of drug-likeness (QED) is 0.706. The van der Waals surface area contributed by atoms with E-state index in [1.54, 1.807) is 0 Å². The molecule has 0 N–H and O–H groups in total. The summed E-state index contributed by atoms with van der Waals surface area (Å²) in [6.07, 6.45) is 7.09. The highest BCUT2D eigenvalue weighted by atomic mass is 79.9.